The van der Waals surface area contributed by atoms with Gasteiger partial charge in [0.1, 0.15) is 18.1 Å². The van der Waals surface area contributed by atoms with Crippen LogP contribution in [0, 0.1) is 0 Å². The summed E-state index contributed by atoms with van der Waals surface area (Å²) in [4.78, 5) is 14.3. The standard InChI is InChI=1S/C18H21NO4S/c1-19(2)8-9-23-16-12-14(22-3)7-6-13(16)11-15(18(20)21)17-5-4-10-24-17/h4-7,10-12H,8-9H2,1-3H3,(H,20,21)/b15-11-. The second kappa shape index (κ2) is 8.52. The highest BCUT2D eigenvalue weighted by molar-refractivity contribution is 7.11. The first kappa shape index (κ1) is 18.0. The third-order valence-electron chi connectivity index (χ3n) is 3.33. The number of methoxy groups -OCH3 is 1. The highest BCUT2D eigenvalue weighted by Crippen LogP contribution is 2.30. The molecule has 0 unspecified atom stereocenters. The van der Waals surface area contributed by atoms with Gasteiger partial charge in [0.25, 0.3) is 0 Å². The van der Waals surface area contributed by atoms with Crippen LogP contribution in [0.2, 0.25) is 0 Å². The maximum Gasteiger partial charge on any atom is 0.337 e. The molecule has 5 nitrogen and oxygen atoms in total. The number of rotatable bonds is 8. The molecule has 0 aliphatic heterocycles. The summed E-state index contributed by atoms with van der Waals surface area (Å²) in [5, 5.41) is 11.4. The molecule has 0 bridgehead atoms. The van der Waals surface area contributed by atoms with Crippen molar-refractivity contribution in [3.05, 3.63) is 46.2 Å². The van der Waals surface area contributed by atoms with E-state index in [0.29, 0.717) is 28.5 Å². The zero-order chi connectivity index (χ0) is 17.5. The number of hydrogen-bond acceptors (Lipinski definition) is 5. The Hall–Kier alpha value is -2.31. The fraction of sp³-hybridized carbons (Fsp3) is 0.278. The van der Waals surface area contributed by atoms with Crippen LogP contribution >= 0.6 is 11.3 Å². The van der Waals surface area contributed by atoms with Gasteiger partial charge in [0.05, 0.1) is 12.7 Å². The van der Waals surface area contributed by atoms with Crippen LogP contribution in [0.3, 0.4) is 0 Å². The molecule has 0 aliphatic carbocycles. The first-order valence-electron chi connectivity index (χ1n) is 7.45. The van der Waals surface area contributed by atoms with Gasteiger partial charge in [-0.3, -0.25) is 0 Å². The number of thiophene rings is 1. The van der Waals surface area contributed by atoms with Crippen LogP contribution in [0.5, 0.6) is 11.5 Å². The minimum atomic E-state index is -0.965. The van der Waals surface area contributed by atoms with Gasteiger partial charge >= 0.3 is 5.97 Å². The molecule has 1 aromatic heterocycles. The molecule has 0 amide bonds. The summed E-state index contributed by atoms with van der Waals surface area (Å²) in [6.07, 6.45) is 1.64. The lowest BCUT2D eigenvalue weighted by Gasteiger charge is -2.14. The predicted molar refractivity (Wildman–Crippen MR) is 96.9 cm³/mol. The second-order valence-electron chi connectivity index (χ2n) is 5.40. The van der Waals surface area contributed by atoms with Crippen molar-refractivity contribution in [3.8, 4) is 11.5 Å². The molecule has 0 saturated carbocycles. The largest absolute Gasteiger partial charge is 0.497 e. The van der Waals surface area contributed by atoms with Crippen molar-refractivity contribution in [2.75, 3.05) is 34.4 Å². The molecule has 128 valence electrons. The molecule has 0 spiro atoms. The Bertz CT molecular complexity index is 708. The molecule has 2 rings (SSSR count). The molecule has 0 saturated heterocycles. The Kier molecular flexibility index (Phi) is 6.40. The molecule has 0 radical (unpaired) electrons. The van der Waals surface area contributed by atoms with Crippen molar-refractivity contribution in [1.82, 2.24) is 4.90 Å². The summed E-state index contributed by atoms with van der Waals surface area (Å²) in [7, 11) is 5.52. The predicted octanol–water partition coefficient (Wildman–Crippen LogP) is 3.32. The summed E-state index contributed by atoms with van der Waals surface area (Å²) >= 11 is 1.39. The first-order chi connectivity index (χ1) is 11.5. The van der Waals surface area contributed by atoms with Crippen LogP contribution in [0.15, 0.2) is 35.7 Å². The number of likely N-dealkylation sites (N-methyl/N-ethyl adjacent to an activating group) is 1. The average Bonchev–Trinajstić information content (AvgIpc) is 3.06. The molecule has 1 aromatic carbocycles. The number of aliphatic carboxylic acids is 1. The number of benzene rings is 1. The van der Waals surface area contributed by atoms with E-state index in [9.17, 15) is 9.90 Å². The minimum absolute atomic E-state index is 0.243. The minimum Gasteiger partial charge on any atom is -0.497 e. The maximum atomic E-state index is 11.6. The van der Waals surface area contributed by atoms with E-state index in [1.165, 1.54) is 11.3 Å². The second-order valence-corrected chi connectivity index (χ2v) is 6.34. The third-order valence-corrected chi connectivity index (χ3v) is 4.24. The van der Waals surface area contributed by atoms with Gasteiger partial charge in [0.2, 0.25) is 0 Å². The fourth-order valence-corrected chi connectivity index (χ4v) is 2.78. The highest BCUT2D eigenvalue weighted by atomic mass is 32.1. The normalized spacial score (nSPS) is 11.6. The van der Waals surface area contributed by atoms with Crippen LogP contribution in [0.1, 0.15) is 10.4 Å². The quantitative estimate of drug-likeness (QED) is 0.742. The summed E-state index contributed by atoms with van der Waals surface area (Å²) in [5.74, 6) is 0.305. The number of hydrogen-bond donors (Lipinski definition) is 1. The van der Waals surface area contributed by atoms with E-state index in [2.05, 4.69) is 0 Å². The lowest BCUT2D eigenvalue weighted by Crippen LogP contribution is -2.19. The fourth-order valence-electron chi connectivity index (χ4n) is 2.05. The number of carbonyl (C=O) groups is 1. The highest BCUT2D eigenvalue weighted by Gasteiger charge is 2.14. The Morgan fingerprint density at radius 3 is 2.71 bits per heavy atom. The number of ether oxygens (including phenoxy) is 2. The topological polar surface area (TPSA) is 59.0 Å². The molecule has 0 aliphatic rings. The zero-order valence-corrected chi connectivity index (χ0v) is 14.8. The van der Waals surface area contributed by atoms with E-state index in [0.717, 1.165) is 6.54 Å². The van der Waals surface area contributed by atoms with Crippen molar-refractivity contribution < 1.29 is 19.4 Å². The lowest BCUT2D eigenvalue weighted by molar-refractivity contribution is -0.130. The summed E-state index contributed by atoms with van der Waals surface area (Å²) in [5.41, 5.74) is 0.952. The van der Waals surface area contributed by atoms with Gasteiger partial charge in [-0.2, -0.15) is 0 Å². The molecule has 1 N–H and O–H groups in total. The van der Waals surface area contributed by atoms with Gasteiger partial charge in [-0.25, -0.2) is 4.79 Å². The van der Waals surface area contributed by atoms with Crippen molar-refractivity contribution in [2.45, 2.75) is 0 Å². The summed E-state index contributed by atoms with van der Waals surface area (Å²) < 4.78 is 11.1. The smallest absolute Gasteiger partial charge is 0.337 e. The molecule has 24 heavy (non-hydrogen) atoms. The van der Waals surface area contributed by atoms with E-state index >= 15 is 0 Å². The van der Waals surface area contributed by atoms with Crippen molar-refractivity contribution >= 4 is 29.0 Å². The van der Waals surface area contributed by atoms with Crippen LogP contribution < -0.4 is 9.47 Å². The molecule has 1 heterocycles. The van der Waals surface area contributed by atoms with E-state index in [-0.39, 0.29) is 5.57 Å². The molecule has 0 fully saturated rings. The van der Waals surface area contributed by atoms with Crippen molar-refractivity contribution in [1.29, 1.82) is 0 Å². The average molecular weight is 347 g/mol. The van der Waals surface area contributed by atoms with Gasteiger partial charge in [0, 0.05) is 23.1 Å². The van der Waals surface area contributed by atoms with E-state index < -0.39 is 5.97 Å². The van der Waals surface area contributed by atoms with Gasteiger partial charge < -0.3 is 19.5 Å². The Labute approximate surface area is 145 Å². The monoisotopic (exact) mass is 347 g/mol. The van der Waals surface area contributed by atoms with E-state index in [1.807, 2.05) is 30.4 Å². The number of carboxylic acid groups (broad SMARTS) is 1. The first-order valence-corrected chi connectivity index (χ1v) is 8.33. The van der Waals surface area contributed by atoms with Crippen LogP contribution in [-0.2, 0) is 4.79 Å². The number of carboxylic acids is 1. The third kappa shape index (κ3) is 4.84. The number of nitrogens with zero attached hydrogens (tertiary/aromatic N) is 1. The van der Waals surface area contributed by atoms with Crippen molar-refractivity contribution in [3.63, 3.8) is 0 Å². The van der Waals surface area contributed by atoms with Gasteiger partial charge in [0.15, 0.2) is 0 Å². The van der Waals surface area contributed by atoms with Crippen LogP contribution in [0.4, 0.5) is 0 Å². The Morgan fingerprint density at radius 2 is 2.12 bits per heavy atom. The van der Waals surface area contributed by atoms with Crippen molar-refractivity contribution in [2.24, 2.45) is 0 Å². The molecule has 0 atom stereocenters. The van der Waals surface area contributed by atoms with Gasteiger partial charge in [-0.1, -0.05) is 6.07 Å². The lowest BCUT2D eigenvalue weighted by atomic mass is 10.1. The summed E-state index contributed by atoms with van der Waals surface area (Å²) in [6, 6.07) is 8.99. The Balaban J connectivity index is 2.36. The SMILES string of the molecule is COc1ccc(/C=C(\C(=O)O)c2cccs2)c(OCCN(C)C)c1. The molecular formula is C18H21NO4S. The van der Waals surface area contributed by atoms with Crippen LogP contribution in [0.25, 0.3) is 11.6 Å². The van der Waals surface area contributed by atoms with Gasteiger partial charge in [-0.15, -0.1) is 11.3 Å². The van der Waals surface area contributed by atoms with Gasteiger partial charge in [-0.05, 0) is 43.8 Å². The zero-order valence-electron chi connectivity index (χ0n) is 14.0. The molecule has 6 heteroatoms. The van der Waals surface area contributed by atoms with E-state index in [1.54, 1.807) is 37.5 Å². The van der Waals surface area contributed by atoms with Crippen LogP contribution in [-0.4, -0.2) is 50.3 Å². The maximum absolute atomic E-state index is 11.6. The Morgan fingerprint density at radius 1 is 1.33 bits per heavy atom. The van der Waals surface area contributed by atoms with E-state index in [4.69, 9.17) is 9.47 Å². The summed E-state index contributed by atoms with van der Waals surface area (Å²) in [6.45, 7) is 1.26. The molecule has 2 aromatic rings. The molecular weight excluding hydrogens is 326 g/mol.